The maximum absolute atomic E-state index is 5.27. The minimum Gasteiger partial charge on any atom is -0.480 e. The van der Waals surface area contributed by atoms with Crippen LogP contribution in [-0.2, 0) is 6.42 Å². The molecule has 3 rings (SSSR count). The molecule has 0 radical (unpaired) electrons. The maximum Gasteiger partial charge on any atom is 0.232 e. The third-order valence-corrected chi connectivity index (χ3v) is 4.93. The summed E-state index contributed by atoms with van der Waals surface area (Å²) in [6.07, 6.45) is 6.33. The van der Waals surface area contributed by atoms with Crippen molar-refractivity contribution in [3.63, 3.8) is 0 Å². The molecule has 0 bridgehead atoms. The number of pyridine rings is 1. The van der Waals surface area contributed by atoms with Gasteiger partial charge in [-0.1, -0.05) is 6.07 Å². The van der Waals surface area contributed by atoms with Crippen LogP contribution < -0.4 is 15.0 Å². The second kappa shape index (κ2) is 11.3. The van der Waals surface area contributed by atoms with E-state index in [4.69, 9.17) is 4.74 Å². The van der Waals surface area contributed by atoms with Crippen LogP contribution in [0.25, 0.3) is 0 Å². The number of methoxy groups -OCH3 is 1. The van der Waals surface area contributed by atoms with E-state index < -0.39 is 0 Å². The van der Waals surface area contributed by atoms with Gasteiger partial charge in [0.05, 0.1) is 17.8 Å². The Hall–Kier alpha value is -1.69. The van der Waals surface area contributed by atoms with Crippen LogP contribution >= 0.6 is 39.9 Å². The molecule has 8 nitrogen and oxygen atoms in total. The zero-order chi connectivity index (χ0) is 19.1. The van der Waals surface area contributed by atoms with E-state index in [1.165, 1.54) is 5.56 Å². The highest BCUT2D eigenvalue weighted by molar-refractivity contribution is 14.0. The molecule has 1 aliphatic rings. The number of halogens is 2. The number of piperazine rings is 1. The van der Waals surface area contributed by atoms with Crippen molar-refractivity contribution in [3.05, 3.63) is 40.8 Å². The van der Waals surface area contributed by atoms with Crippen LogP contribution in [0.3, 0.4) is 0 Å². The van der Waals surface area contributed by atoms with Crippen molar-refractivity contribution in [1.82, 2.24) is 25.2 Å². The summed E-state index contributed by atoms with van der Waals surface area (Å²) in [6.45, 7) is 4.19. The average Bonchev–Trinajstić information content (AvgIpc) is 2.73. The normalized spacial score (nSPS) is 14.5. The van der Waals surface area contributed by atoms with Crippen molar-refractivity contribution in [2.45, 2.75) is 6.42 Å². The molecule has 1 N–H and O–H groups in total. The molecule has 2 aromatic heterocycles. The topological polar surface area (TPSA) is 78.8 Å². The molecule has 0 atom stereocenters. The van der Waals surface area contributed by atoms with Gasteiger partial charge in [-0.2, -0.15) is 4.98 Å². The lowest BCUT2D eigenvalue weighted by Gasteiger charge is -2.36. The number of aromatic nitrogens is 3. The van der Waals surface area contributed by atoms with E-state index >= 15 is 0 Å². The predicted octanol–water partition coefficient (Wildman–Crippen LogP) is 2.20. The minimum atomic E-state index is 0. The largest absolute Gasteiger partial charge is 0.480 e. The number of nitrogens with zero attached hydrogens (tertiary/aromatic N) is 6. The van der Waals surface area contributed by atoms with Gasteiger partial charge < -0.3 is 19.9 Å². The molecule has 1 fully saturated rings. The Morgan fingerprint density at radius 3 is 2.71 bits per heavy atom. The third kappa shape index (κ3) is 5.90. The first-order valence-corrected chi connectivity index (χ1v) is 9.66. The standard InChI is InChI=1S/C18H24BrN7O.HI/c1-20-17(22-7-5-14-4-3-6-21-12-14)25-8-10-26(11-9-25)18-23-13-15(19)16(24-18)27-2;/h3-4,6,12-13H,5,7-11H2,1-2H3,(H,20,22);1H. The van der Waals surface area contributed by atoms with Crippen LogP contribution in [0.2, 0.25) is 0 Å². The Labute approximate surface area is 191 Å². The molecule has 3 heterocycles. The molecule has 10 heteroatoms. The number of rotatable bonds is 5. The summed E-state index contributed by atoms with van der Waals surface area (Å²) in [5.41, 5.74) is 1.21. The van der Waals surface area contributed by atoms with Crippen molar-refractivity contribution >= 4 is 51.8 Å². The van der Waals surface area contributed by atoms with Gasteiger partial charge in [0.25, 0.3) is 0 Å². The number of guanidine groups is 1. The SMILES string of the molecule is CN=C(NCCc1cccnc1)N1CCN(c2ncc(Br)c(OC)n2)CC1.I. The van der Waals surface area contributed by atoms with Crippen LogP contribution in [-0.4, -0.2) is 72.7 Å². The number of hydrogen-bond acceptors (Lipinski definition) is 6. The highest BCUT2D eigenvalue weighted by atomic mass is 127. The molecule has 0 aromatic carbocycles. The van der Waals surface area contributed by atoms with E-state index in [0.29, 0.717) is 11.8 Å². The maximum atomic E-state index is 5.27. The zero-order valence-corrected chi connectivity index (χ0v) is 19.9. The van der Waals surface area contributed by atoms with Crippen molar-refractivity contribution in [2.75, 3.05) is 51.8 Å². The van der Waals surface area contributed by atoms with Crippen LogP contribution in [0.4, 0.5) is 5.95 Å². The lowest BCUT2D eigenvalue weighted by Crippen LogP contribution is -2.53. The van der Waals surface area contributed by atoms with Gasteiger partial charge >= 0.3 is 0 Å². The molecule has 28 heavy (non-hydrogen) atoms. The Morgan fingerprint density at radius 2 is 2.07 bits per heavy atom. The molecular weight excluding hydrogens is 537 g/mol. The van der Waals surface area contributed by atoms with Gasteiger partial charge in [0.15, 0.2) is 5.96 Å². The highest BCUT2D eigenvalue weighted by Gasteiger charge is 2.22. The van der Waals surface area contributed by atoms with Crippen LogP contribution in [0.1, 0.15) is 5.56 Å². The fourth-order valence-electron chi connectivity index (χ4n) is 2.95. The zero-order valence-electron chi connectivity index (χ0n) is 16.0. The van der Waals surface area contributed by atoms with E-state index in [0.717, 1.165) is 49.6 Å². The number of ether oxygens (including phenoxy) is 1. The van der Waals surface area contributed by atoms with Gasteiger partial charge in [-0.3, -0.25) is 9.98 Å². The first kappa shape index (κ1) is 22.6. The fourth-order valence-corrected chi connectivity index (χ4v) is 3.31. The van der Waals surface area contributed by atoms with E-state index in [1.807, 2.05) is 19.3 Å². The van der Waals surface area contributed by atoms with E-state index in [2.05, 4.69) is 57.1 Å². The smallest absolute Gasteiger partial charge is 0.232 e. The summed E-state index contributed by atoms with van der Waals surface area (Å²) in [7, 11) is 3.43. The Morgan fingerprint density at radius 1 is 1.29 bits per heavy atom. The third-order valence-electron chi connectivity index (χ3n) is 4.39. The summed E-state index contributed by atoms with van der Waals surface area (Å²) in [5, 5.41) is 3.44. The molecule has 0 unspecified atom stereocenters. The lowest BCUT2D eigenvalue weighted by molar-refractivity contribution is 0.366. The van der Waals surface area contributed by atoms with Crippen molar-refractivity contribution in [1.29, 1.82) is 0 Å². The van der Waals surface area contributed by atoms with Crippen molar-refractivity contribution < 1.29 is 4.74 Å². The second-order valence-corrected chi connectivity index (χ2v) is 6.94. The fraction of sp³-hybridized carbons (Fsp3) is 0.444. The van der Waals surface area contributed by atoms with Crippen molar-refractivity contribution in [2.24, 2.45) is 4.99 Å². The molecule has 2 aromatic rings. The van der Waals surface area contributed by atoms with Crippen LogP contribution in [0.15, 0.2) is 40.2 Å². The summed E-state index contributed by atoms with van der Waals surface area (Å²) < 4.78 is 6.02. The Bertz CT molecular complexity index is 770. The van der Waals surface area contributed by atoms with Crippen LogP contribution in [0.5, 0.6) is 5.88 Å². The van der Waals surface area contributed by atoms with E-state index in [-0.39, 0.29) is 24.0 Å². The minimum absolute atomic E-state index is 0. The molecule has 1 aliphatic heterocycles. The monoisotopic (exact) mass is 561 g/mol. The first-order valence-electron chi connectivity index (χ1n) is 8.87. The molecule has 0 saturated carbocycles. The quantitative estimate of drug-likeness (QED) is 0.340. The summed E-state index contributed by atoms with van der Waals surface area (Å²) in [4.78, 5) is 21.9. The second-order valence-electron chi connectivity index (χ2n) is 6.09. The molecule has 0 amide bonds. The van der Waals surface area contributed by atoms with Gasteiger partial charge in [0, 0.05) is 52.2 Å². The Balaban J connectivity index is 0.00000280. The van der Waals surface area contributed by atoms with Gasteiger partial charge in [-0.15, -0.1) is 24.0 Å². The molecule has 0 aliphatic carbocycles. The Kier molecular flexibility index (Phi) is 9.16. The number of anilines is 1. The van der Waals surface area contributed by atoms with E-state index in [1.54, 1.807) is 19.5 Å². The highest BCUT2D eigenvalue weighted by Crippen LogP contribution is 2.23. The number of nitrogens with one attached hydrogen (secondary N) is 1. The van der Waals surface area contributed by atoms with E-state index in [9.17, 15) is 0 Å². The lowest BCUT2D eigenvalue weighted by atomic mass is 10.2. The number of hydrogen-bond donors (Lipinski definition) is 1. The summed E-state index contributed by atoms with van der Waals surface area (Å²) in [5.74, 6) is 2.16. The molecule has 1 saturated heterocycles. The summed E-state index contributed by atoms with van der Waals surface area (Å²) in [6, 6.07) is 4.05. The van der Waals surface area contributed by atoms with Gasteiger partial charge in [-0.25, -0.2) is 4.98 Å². The summed E-state index contributed by atoms with van der Waals surface area (Å²) >= 11 is 3.39. The number of aliphatic imine (C=N–C) groups is 1. The molecule has 152 valence electrons. The molecule has 0 spiro atoms. The first-order chi connectivity index (χ1) is 13.2. The van der Waals surface area contributed by atoms with Crippen molar-refractivity contribution in [3.8, 4) is 5.88 Å². The average molecular weight is 562 g/mol. The van der Waals surface area contributed by atoms with Gasteiger partial charge in [-0.05, 0) is 34.0 Å². The van der Waals surface area contributed by atoms with Gasteiger partial charge in [0.1, 0.15) is 0 Å². The van der Waals surface area contributed by atoms with Crippen LogP contribution in [0, 0.1) is 0 Å². The molecular formula is C18H25BrIN7O. The van der Waals surface area contributed by atoms with Gasteiger partial charge in [0.2, 0.25) is 11.8 Å². The predicted molar refractivity (Wildman–Crippen MR) is 125 cm³/mol.